The molecule has 0 spiro atoms. The topological polar surface area (TPSA) is 60.8 Å². The number of phenols is 2. The number of carbonyl (C=O) groups excluding carboxylic acids is 1. The molecule has 114 valence electrons. The molecule has 1 fully saturated rings. The molecule has 0 aromatic heterocycles. The number of amides is 1. The smallest absolute Gasteiger partial charge is 0.254 e. The maximum absolute atomic E-state index is 12.6. The van der Waals surface area contributed by atoms with Crippen LogP contribution >= 0.6 is 0 Å². The fourth-order valence-corrected chi connectivity index (χ4v) is 3.17. The number of nitrogens with zero attached hydrogens (tertiary/aromatic N) is 1. The second-order valence-electron chi connectivity index (χ2n) is 5.89. The van der Waals surface area contributed by atoms with Gasteiger partial charge in [-0.1, -0.05) is 30.3 Å². The molecule has 1 heterocycles. The standard InChI is InChI=1S/C18H19NO3/c1-12-7-15(13-5-3-2-4-6-13)11-19(12)18(22)14-8-16(20)10-17(21)9-14/h2-6,8-10,12,15,20-21H,7,11H2,1H3. The van der Waals surface area contributed by atoms with Gasteiger partial charge in [0.2, 0.25) is 0 Å². The first-order valence-electron chi connectivity index (χ1n) is 7.43. The third-order valence-electron chi connectivity index (χ3n) is 4.26. The summed E-state index contributed by atoms with van der Waals surface area (Å²) in [7, 11) is 0. The molecule has 4 heteroatoms. The van der Waals surface area contributed by atoms with Crippen LogP contribution in [0.25, 0.3) is 0 Å². The molecule has 2 aromatic carbocycles. The maximum atomic E-state index is 12.6. The van der Waals surface area contributed by atoms with Crippen molar-refractivity contribution < 1.29 is 15.0 Å². The molecule has 1 amide bonds. The predicted molar refractivity (Wildman–Crippen MR) is 84.1 cm³/mol. The van der Waals surface area contributed by atoms with Crippen LogP contribution < -0.4 is 0 Å². The van der Waals surface area contributed by atoms with Crippen molar-refractivity contribution in [2.24, 2.45) is 0 Å². The zero-order chi connectivity index (χ0) is 15.7. The molecule has 3 rings (SSSR count). The Morgan fingerprint density at radius 3 is 2.36 bits per heavy atom. The molecule has 4 nitrogen and oxygen atoms in total. The number of aromatic hydroxyl groups is 2. The first-order valence-corrected chi connectivity index (χ1v) is 7.43. The molecule has 2 atom stereocenters. The molecule has 0 saturated carbocycles. The van der Waals surface area contributed by atoms with Gasteiger partial charge in [-0.3, -0.25) is 4.79 Å². The highest BCUT2D eigenvalue weighted by atomic mass is 16.3. The van der Waals surface area contributed by atoms with Gasteiger partial charge in [-0.25, -0.2) is 0 Å². The van der Waals surface area contributed by atoms with E-state index in [1.807, 2.05) is 30.0 Å². The van der Waals surface area contributed by atoms with Crippen molar-refractivity contribution in [3.63, 3.8) is 0 Å². The molecule has 1 aliphatic heterocycles. The van der Waals surface area contributed by atoms with Crippen LogP contribution in [0.5, 0.6) is 11.5 Å². The van der Waals surface area contributed by atoms with E-state index < -0.39 is 0 Å². The number of hydrogen-bond donors (Lipinski definition) is 2. The summed E-state index contributed by atoms with van der Waals surface area (Å²) in [5.74, 6) is -0.0344. The Morgan fingerprint density at radius 1 is 1.09 bits per heavy atom. The van der Waals surface area contributed by atoms with Gasteiger partial charge in [0.15, 0.2) is 0 Å². The van der Waals surface area contributed by atoms with Crippen LogP contribution in [0.1, 0.15) is 35.2 Å². The number of likely N-dealkylation sites (tertiary alicyclic amines) is 1. The van der Waals surface area contributed by atoms with Crippen LogP contribution in [0.3, 0.4) is 0 Å². The fraction of sp³-hybridized carbons (Fsp3) is 0.278. The molecule has 2 N–H and O–H groups in total. The van der Waals surface area contributed by atoms with E-state index in [2.05, 4.69) is 12.1 Å². The fourth-order valence-electron chi connectivity index (χ4n) is 3.17. The quantitative estimate of drug-likeness (QED) is 0.895. The summed E-state index contributed by atoms with van der Waals surface area (Å²) in [6.07, 6.45) is 0.917. The lowest BCUT2D eigenvalue weighted by atomic mass is 9.97. The van der Waals surface area contributed by atoms with Gasteiger partial charge >= 0.3 is 0 Å². The van der Waals surface area contributed by atoms with E-state index in [0.29, 0.717) is 18.0 Å². The highest BCUT2D eigenvalue weighted by Crippen LogP contribution is 2.33. The van der Waals surface area contributed by atoms with Gasteiger partial charge in [-0.15, -0.1) is 0 Å². The summed E-state index contributed by atoms with van der Waals surface area (Å²) < 4.78 is 0. The summed E-state index contributed by atoms with van der Waals surface area (Å²) >= 11 is 0. The van der Waals surface area contributed by atoms with E-state index in [1.165, 1.54) is 23.8 Å². The highest BCUT2D eigenvalue weighted by Gasteiger charge is 2.33. The molecular weight excluding hydrogens is 278 g/mol. The number of hydrogen-bond acceptors (Lipinski definition) is 3. The average Bonchev–Trinajstić information content (AvgIpc) is 2.88. The summed E-state index contributed by atoms with van der Waals surface area (Å²) in [6, 6.07) is 14.3. The molecular formula is C18H19NO3. The Labute approximate surface area is 129 Å². The second-order valence-corrected chi connectivity index (χ2v) is 5.89. The maximum Gasteiger partial charge on any atom is 0.254 e. The van der Waals surface area contributed by atoms with Crippen LogP contribution in [0.15, 0.2) is 48.5 Å². The van der Waals surface area contributed by atoms with Crippen LogP contribution in [0, 0.1) is 0 Å². The van der Waals surface area contributed by atoms with Gasteiger partial charge in [-0.2, -0.15) is 0 Å². The van der Waals surface area contributed by atoms with Crippen molar-refractivity contribution in [3.8, 4) is 11.5 Å². The van der Waals surface area contributed by atoms with Crippen molar-refractivity contribution in [1.29, 1.82) is 0 Å². The lowest BCUT2D eigenvalue weighted by Gasteiger charge is -2.21. The number of phenolic OH excluding ortho intramolecular Hbond substituents is 2. The number of carbonyl (C=O) groups is 1. The summed E-state index contributed by atoms with van der Waals surface area (Å²) in [4.78, 5) is 14.5. The molecule has 2 unspecified atom stereocenters. The summed E-state index contributed by atoms with van der Waals surface area (Å²) in [6.45, 7) is 2.68. The van der Waals surface area contributed by atoms with Crippen molar-refractivity contribution in [2.45, 2.75) is 25.3 Å². The van der Waals surface area contributed by atoms with Crippen molar-refractivity contribution in [3.05, 3.63) is 59.7 Å². The minimum Gasteiger partial charge on any atom is -0.508 e. The second kappa shape index (κ2) is 5.72. The van der Waals surface area contributed by atoms with Gasteiger partial charge in [-0.05, 0) is 31.0 Å². The minimum atomic E-state index is -0.155. The van der Waals surface area contributed by atoms with Gasteiger partial charge in [0.25, 0.3) is 5.91 Å². The third kappa shape index (κ3) is 2.77. The Balaban J connectivity index is 1.81. The molecule has 0 aliphatic carbocycles. The van der Waals surface area contributed by atoms with Gasteiger partial charge < -0.3 is 15.1 Å². The predicted octanol–water partition coefficient (Wildman–Crippen LogP) is 3.12. The van der Waals surface area contributed by atoms with E-state index in [-0.39, 0.29) is 23.4 Å². The Morgan fingerprint density at radius 2 is 1.73 bits per heavy atom. The zero-order valence-corrected chi connectivity index (χ0v) is 12.4. The van der Waals surface area contributed by atoms with Gasteiger partial charge in [0, 0.05) is 30.1 Å². The molecule has 22 heavy (non-hydrogen) atoms. The summed E-state index contributed by atoms with van der Waals surface area (Å²) in [5, 5.41) is 19.1. The lowest BCUT2D eigenvalue weighted by Crippen LogP contribution is -2.33. The first kappa shape index (κ1) is 14.4. The third-order valence-corrected chi connectivity index (χ3v) is 4.26. The molecule has 0 bridgehead atoms. The largest absolute Gasteiger partial charge is 0.508 e. The molecule has 0 radical (unpaired) electrons. The SMILES string of the molecule is CC1CC(c2ccccc2)CN1C(=O)c1cc(O)cc(O)c1. The number of benzene rings is 2. The van der Waals surface area contributed by atoms with Crippen molar-refractivity contribution in [1.82, 2.24) is 4.90 Å². The Kier molecular flexibility index (Phi) is 3.75. The van der Waals surface area contributed by atoms with Crippen LogP contribution in [0.2, 0.25) is 0 Å². The van der Waals surface area contributed by atoms with E-state index in [1.54, 1.807) is 0 Å². The Hall–Kier alpha value is -2.49. The van der Waals surface area contributed by atoms with E-state index >= 15 is 0 Å². The van der Waals surface area contributed by atoms with Crippen LogP contribution in [0.4, 0.5) is 0 Å². The van der Waals surface area contributed by atoms with E-state index in [9.17, 15) is 15.0 Å². The molecule has 2 aromatic rings. The summed E-state index contributed by atoms with van der Waals surface area (Å²) in [5.41, 5.74) is 1.56. The molecule has 1 saturated heterocycles. The monoisotopic (exact) mass is 297 g/mol. The lowest BCUT2D eigenvalue weighted by molar-refractivity contribution is 0.0745. The molecule has 1 aliphatic rings. The van der Waals surface area contributed by atoms with Crippen molar-refractivity contribution in [2.75, 3.05) is 6.54 Å². The van der Waals surface area contributed by atoms with Crippen LogP contribution in [-0.2, 0) is 0 Å². The number of rotatable bonds is 2. The van der Waals surface area contributed by atoms with Crippen LogP contribution in [-0.4, -0.2) is 33.6 Å². The van der Waals surface area contributed by atoms with E-state index in [0.717, 1.165) is 6.42 Å². The van der Waals surface area contributed by atoms with Gasteiger partial charge in [0.1, 0.15) is 11.5 Å². The minimum absolute atomic E-state index is 0.102. The van der Waals surface area contributed by atoms with E-state index in [4.69, 9.17) is 0 Å². The zero-order valence-electron chi connectivity index (χ0n) is 12.4. The highest BCUT2D eigenvalue weighted by molar-refractivity contribution is 5.95. The average molecular weight is 297 g/mol. The first-order chi connectivity index (χ1) is 10.5. The Bertz CT molecular complexity index is 664. The van der Waals surface area contributed by atoms with Crippen molar-refractivity contribution >= 4 is 5.91 Å². The normalized spacial score (nSPS) is 21.0. The van der Waals surface area contributed by atoms with Gasteiger partial charge in [0.05, 0.1) is 0 Å².